The second kappa shape index (κ2) is 13.5. The van der Waals surface area contributed by atoms with Gasteiger partial charge in [-0.25, -0.2) is 4.79 Å². The fraction of sp³-hybridized carbons (Fsp3) is 0.786. The second-order valence-electron chi connectivity index (χ2n) is 5.04. The fourth-order valence-corrected chi connectivity index (χ4v) is 2.44. The Balaban J connectivity index is 0. The van der Waals surface area contributed by atoms with Crippen molar-refractivity contribution in [3.05, 3.63) is 12.2 Å². The highest BCUT2D eigenvalue weighted by Crippen LogP contribution is 2.08. The van der Waals surface area contributed by atoms with E-state index in [1.54, 1.807) is 6.04 Å². The van der Waals surface area contributed by atoms with Crippen LogP contribution in [0.5, 0.6) is 0 Å². The van der Waals surface area contributed by atoms with Crippen molar-refractivity contribution in [1.29, 1.82) is 0 Å². The van der Waals surface area contributed by atoms with Crippen molar-refractivity contribution in [2.75, 3.05) is 0 Å². The molecule has 0 unspecified atom stereocenters. The normalized spacial score (nSPS) is 9.71. The predicted octanol–water partition coefficient (Wildman–Crippen LogP) is 4.48. The molecule has 0 aromatic heterocycles. The molecule has 1 N–H and O–H groups in total. The lowest BCUT2D eigenvalue weighted by atomic mass is 10.1. The second-order valence-corrected chi connectivity index (χ2v) is 8.40. The molecule has 3 heteroatoms. The van der Waals surface area contributed by atoms with Gasteiger partial charge in [0, 0.05) is 14.4 Å². The van der Waals surface area contributed by atoms with Gasteiger partial charge in [0.2, 0.25) is 0 Å². The first-order chi connectivity index (χ1) is 7.91. The van der Waals surface area contributed by atoms with E-state index in [0.29, 0.717) is 0 Å². The minimum Gasteiger partial charge on any atom is -0.478 e. The number of carbonyl (C=O) groups is 1. The van der Waals surface area contributed by atoms with Gasteiger partial charge in [0.15, 0.2) is 0 Å². The van der Waals surface area contributed by atoms with Crippen LogP contribution in [0.1, 0.15) is 52.4 Å². The smallest absolute Gasteiger partial charge is 0.330 e. The number of hydrogen-bond acceptors (Lipinski definition) is 1. The minimum atomic E-state index is -0.935. The molecule has 0 aliphatic heterocycles. The molecule has 0 heterocycles. The molecule has 0 aliphatic carbocycles. The van der Waals surface area contributed by atoms with Crippen LogP contribution in [-0.4, -0.2) is 19.9 Å². The molecule has 0 saturated carbocycles. The molecule has 17 heavy (non-hydrogen) atoms. The van der Waals surface area contributed by atoms with E-state index in [4.69, 9.17) is 5.11 Å². The molecule has 102 valence electrons. The molecule has 0 amide bonds. The Hall–Kier alpha value is -0.573. The summed E-state index contributed by atoms with van der Waals surface area (Å²) in [4.78, 5) is 9.60. The van der Waals surface area contributed by atoms with Crippen LogP contribution in [0.2, 0.25) is 19.1 Å². The molecule has 0 aromatic rings. The van der Waals surface area contributed by atoms with E-state index >= 15 is 0 Å². The summed E-state index contributed by atoms with van der Waals surface area (Å²) in [5.41, 5.74) is 0.176. The summed E-state index contributed by atoms with van der Waals surface area (Å²) in [5, 5.41) is 7.89. The number of hydrogen-bond donors (Lipinski definition) is 1. The standard InChI is InChI=1S/C10H24Si.C4H6O2/c1-4-5-6-7-8-9-10-11(2)3;1-3(2)4(5)6/h11H,4-10H2,1-3H3;1H2,2H3,(H,5,6). The molecule has 0 fully saturated rings. The van der Waals surface area contributed by atoms with Crippen molar-refractivity contribution in [3.63, 3.8) is 0 Å². The number of aliphatic carboxylic acids is 1. The zero-order chi connectivity index (χ0) is 13.7. The topological polar surface area (TPSA) is 37.3 Å². The minimum absolute atomic E-state index is 0.176. The maximum Gasteiger partial charge on any atom is 0.330 e. The molecular weight excluding hydrogens is 228 g/mol. The maximum atomic E-state index is 9.60. The summed E-state index contributed by atoms with van der Waals surface area (Å²) in [6.07, 6.45) is 8.77. The summed E-state index contributed by atoms with van der Waals surface area (Å²) in [6, 6.07) is 1.56. The molecule has 0 atom stereocenters. The van der Waals surface area contributed by atoms with E-state index in [9.17, 15) is 4.79 Å². The molecule has 0 aliphatic rings. The van der Waals surface area contributed by atoms with Gasteiger partial charge in [-0.2, -0.15) is 0 Å². The summed E-state index contributed by atoms with van der Waals surface area (Å²) >= 11 is 0. The van der Waals surface area contributed by atoms with Crippen molar-refractivity contribution in [2.24, 2.45) is 0 Å². The third-order valence-electron chi connectivity index (χ3n) is 2.50. The average Bonchev–Trinajstić information content (AvgIpc) is 2.23. The Morgan fingerprint density at radius 1 is 1.12 bits per heavy atom. The largest absolute Gasteiger partial charge is 0.478 e. The van der Waals surface area contributed by atoms with Crippen molar-refractivity contribution < 1.29 is 9.90 Å². The highest BCUT2D eigenvalue weighted by atomic mass is 28.3. The lowest BCUT2D eigenvalue weighted by molar-refractivity contribution is -0.132. The van der Waals surface area contributed by atoms with Crippen molar-refractivity contribution in [3.8, 4) is 0 Å². The zero-order valence-corrected chi connectivity index (χ0v) is 13.2. The third kappa shape index (κ3) is 21.3. The van der Waals surface area contributed by atoms with Gasteiger partial charge in [-0.15, -0.1) is 0 Å². The highest BCUT2D eigenvalue weighted by molar-refractivity contribution is 6.55. The summed E-state index contributed by atoms with van der Waals surface area (Å²) in [7, 11) is -0.229. The molecule has 0 bridgehead atoms. The Bertz CT molecular complexity index is 188. The SMILES string of the molecule is C=C(C)C(=O)O.CCCCCCCC[SiH](C)C. The Kier molecular flexibility index (Phi) is 14.9. The van der Waals surface area contributed by atoms with Crippen LogP contribution in [-0.2, 0) is 4.79 Å². The quantitative estimate of drug-likeness (QED) is 0.396. The zero-order valence-electron chi connectivity index (χ0n) is 12.1. The van der Waals surface area contributed by atoms with Crippen LogP contribution < -0.4 is 0 Å². The number of carboxylic acid groups (broad SMARTS) is 1. The Morgan fingerprint density at radius 3 is 1.88 bits per heavy atom. The van der Waals surface area contributed by atoms with E-state index in [1.807, 2.05) is 0 Å². The van der Waals surface area contributed by atoms with Gasteiger partial charge in [-0.3, -0.25) is 0 Å². The summed E-state index contributed by atoms with van der Waals surface area (Å²) in [6.45, 7) is 11.8. The number of unbranched alkanes of at least 4 members (excludes halogenated alkanes) is 5. The molecule has 0 aromatic carbocycles. The van der Waals surface area contributed by atoms with E-state index in [0.717, 1.165) is 0 Å². The predicted molar refractivity (Wildman–Crippen MR) is 79.5 cm³/mol. The monoisotopic (exact) mass is 258 g/mol. The average molecular weight is 258 g/mol. The lowest BCUT2D eigenvalue weighted by Crippen LogP contribution is -1.97. The Morgan fingerprint density at radius 2 is 1.53 bits per heavy atom. The first kappa shape index (κ1) is 18.8. The van der Waals surface area contributed by atoms with Crippen LogP contribution in [0.4, 0.5) is 0 Å². The molecule has 0 spiro atoms. The van der Waals surface area contributed by atoms with Gasteiger partial charge in [-0.05, 0) is 6.92 Å². The van der Waals surface area contributed by atoms with Crippen LogP contribution in [0.25, 0.3) is 0 Å². The van der Waals surface area contributed by atoms with Crippen molar-refractivity contribution in [2.45, 2.75) is 71.5 Å². The van der Waals surface area contributed by atoms with Gasteiger partial charge >= 0.3 is 5.97 Å². The molecule has 0 saturated heterocycles. The summed E-state index contributed by atoms with van der Waals surface area (Å²) < 4.78 is 0. The van der Waals surface area contributed by atoms with Crippen LogP contribution >= 0.6 is 0 Å². The highest BCUT2D eigenvalue weighted by Gasteiger charge is 1.94. The van der Waals surface area contributed by atoms with Gasteiger partial charge in [-0.1, -0.05) is 71.2 Å². The third-order valence-corrected chi connectivity index (χ3v) is 4.06. The van der Waals surface area contributed by atoms with E-state index in [1.165, 1.54) is 45.4 Å². The van der Waals surface area contributed by atoms with Gasteiger partial charge in [0.05, 0.1) is 0 Å². The van der Waals surface area contributed by atoms with E-state index < -0.39 is 5.97 Å². The van der Waals surface area contributed by atoms with E-state index in [-0.39, 0.29) is 14.4 Å². The molecule has 0 radical (unpaired) electrons. The lowest BCUT2D eigenvalue weighted by Gasteiger charge is -2.02. The Labute approximate surface area is 109 Å². The van der Waals surface area contributed by atoms with Crippen molar-refractivity contribution in [1.82, 2.24) is 0 Å². The van der Waals surface area contributed by atoms with Gasteiger partial charge in [0.25, 0.3) is 0 Å². The van der Waals surface area contributed by atoms with Crippen LogP contribution in [0.3, 0.4) is 0 Å². The van der Waals surface area contributed by atoms with Crippen molar-refractivity contribution >= 4 is 14.8 Å². The molecule has 0 rings (SSSR count). The fourth-order valence-electron chi connectivity index (χ4n) is 1.33. The first-order valence-corrected chi connectivity index (χ1v) is 9.93. The summed E-state index contributed by atoms with van der Waals surface area (Å²) in [5.74, 6) is -0.935. The van der Waals surface area contributed by atoms with Gasteiger partial charge in [0.1, 0.15) is 0 Å². The first-order valence-electron chi connectivity index (χ1n) is 6.80. The molecule has 2 nitrogen and oxygen atoms in total. The maximum absolute atomic E-state index is 9.60. The molecular formula is C14H30O2Si. The van der Waals surface area contributed by atoms with Gasteiger partial charge < -0.3 is 5.11 Å². The van der Waals surface area contributed by atoms with E-state index in [2.05, 4.69) is 26.6 Å². The van der Waals surface area contributed by atoms with Crippen LogP contribution in [0.15, 0.2) is 12.2 Å². The van der Waals surface area contributed by atoms with Crippen LogP contribution in [0, 0.1) is 0 Å². The number of rotatable bonds is 8. The number of carboxylic acids is 1.